The van der Waals surface area contributed by atoms with Crippen LogP contribution in [-0.2, 0) is 0 Å². The molecule has 4 nitrogen and oxygen atoms in total. The molecule has 0 fully saturated rings. The van der Waals surface area contributed by atoms with E-state index in [4.69, 9.17) is 5.73 Å². The summed E-state index contributed by atoms with van der Waals surface area (Å²) in [5, 5.41) is 2.47. The fourth-order valence-corrected chi connectivity index (χ4v) is 1.78. The molecule has 0 saturated heterocycles. The highest BCUT2D eigenvalue weighted by Crippen LogP contribution is 2.20. The second-order valence-electron chi connectivity index (χ2n) is 4.07. The average Bonchev–Trinajstić information content (AvgIpc) is 2.38. The van der Waals surface area contributed by atoms with E-state index in [-0.39, 0.29) is 11.3 Å². The minimum Gasteiger partial charge on any atom is -0.398 e. The lowest BCUT2D eigenvalue weighted by atomic mass is 10.1. The van der Waals surface area contributed by atoms with Crippen molar-refractivity contribution in [1.82, 2.24) is 4.98 Å². The summed E-state index contributed by atoms with van der Waals surface area (Å²) in [6.07, 6.45) is 0. The van der Waals surface area contributed by atoms with Gasteiger partial charge in [0.1, 0.15) is 5.82 Å². The van der Waals surface area contributed by atoms with Gasteiger partial charge in [-0.15, -0.1) is 0 Å². The number of hydrogen-bond donors (Lipinski definition) is 2. The number of carbonyl (C=O) groups excluding carboxylic acids is 1. The lowest BCUT2D eigenvalue weighted by molar-refractivity contribution is 0.102. The van der Waals surface area contributed by atoms with Gasteiger partial charge in [-0.1, -0.05) is 0 Å². The van der Waals surface area contributed by atoms with Crippen LogP contribution in [0.15, 0.2) is 28.7 Å². The number of aromatic nitrogens is 1. The van der Waals surface area contributed by atoms with E-state index in [0.29, 0.717) is 11.5 Å². The Morgan fingerprint density at radius 2 is 1.95 bits per heavy atom. The molecule has 1 aromatic heterocycles. The topological polar surface area (TPSA) is 68.0 Å². The molecule has 1 aromatic carbocycles. The third-order valence-electron chi connectivity index (χ3n) is 2.60. The van der Waals surface area contributed by atoms with Crippen molar-refractivity contribution in [1.29, 1.82) is 0 Å². The van der Waals surface area contributed by atoms with Crippen molar-refractivity contribution < 1.29 is 13.6 Å². The van der Waals surface area contributed by atoms with Gasteiger partial charge in [0.15, 0.2) is 11.6 Å². The van der Waals surface area contributed by atoms with Crippen LogP contribution < -0.4 is 11.1 Å². The Hall–Kier alpha value is -2.02. The Balaban J connectivity index is 2.28. The van der Waals surface area contributed by atoms with E-state index >= 15 is 0 Å². The monoisotopic (exact) mass is 341 g/mol. The summed E-state index contributed by atoms with van der Waals surface area (Å²) >= 11 is 3.28. The second kappa shape index (κ2) is 5.54. The van der Waals surface area contributed by atoms with Crippen LogP contribution >= 0.6 is 15.9 Å². The van der Waals surface area contributed by atoms with Gasteiger partial charge in [-0.2, -0.15) is 0 Å². The van der Waals surface area contributed by atoms with Gasteiger partial charge >= 0.3 is 0 Å². The maximum absolute atomic E-state index is 13.1. The van der Waals surface area contributed by atoms with Gasteiger partial charge in [0.25, 0.3) is 5.91 Å². The number of nitrogens with two attached hydrogens (primary N) is 1. The summed E-state index contributed by atoms with van der Waals surface area (Å²) < 4.78 is 26.9. The van der Waals surface area contributed by atoms with Crippen LogP contribution in [0, 0.1) is 18.6 Å². The van der Waals surface area contributed by atoms with Crippen molar-refractivity contribution >= 4 is 33.3 Å². The first-order valence-electron chi connectivity index (χ1n) is 5.57. The first-order chi connectivity index (χ1) is 9.38. The van der Waals surface area contributed by atoms with Gasteiger partial charge < -0.3 is 11.1 Å². The highest BCUT2D eigenvalue weighted by molar-refractivity contribution is 9.10. The predicted octanol–water partition coefficient (Wildman–Crippen LogP) is 3.27. The van der Waals surface area contributed by atoms with E-state index in [0.717, 1.165) is 16.6 Å². The minimum atomic E-state index is -1.13. The molecule has 0 aliphatic heterocycles. The lowest BCUT2D eigenvalue weighted by Crippen LogP contribution is -2.16. The molecular formula is C13H10BrF2N3O. The number of nitrogens with one attached hydrogen (secondary N) is 1. The summed E-state index contributed by atoms with van der Waals surface area (Å²) in [7, 11) is 0. The smallest absolute Gasteiger partial charge is 0.259 e. The van der Waals surface area contributed by atoms with Gasteiger partial charge in [-0.05, 0) is 41.1 Å². The standard InChI is InChI=1S/C13H10BrF2N3O/c1-6-8(14)2-3-12(18-6)19-13(20)7-4-9(15)10(16)5-11(7)17/h2-5H,17H2,1H3,(H,18,19,20). The largest absolute Gasteiger partial charge is 0.398 e. The third-order valence-corrected chi connectivity index (χ3v) is 3.44. The highest BCUT2D eigenvalue weighted by Gasteiger charge is 2.15. The lowest BCUT2D eigenvalue weighted by Gasteiger charge is -2.08. The summed E-state index contributed by atoms with van der Waals surface area (Å²) in [6, 6.07) is 4.81. The molecule has 1 amide bonds. The molecule has 3 N–H and O–H groups in total. The molecule has 0 unspecified atom stereocenters. The number of benzene rings is 1. The summed E-state index contributed by atoms with van der Waals surface area (Å²) in [5.41, 5.74) is 5.89. The number of amides is 1. The minimum absolute atomic E-state index is 0.143. The first-order valence-corrected chi connectivity index (χ1v) is 6.37. The molecule has 0 aliphatic carbocycles. The number of hydrogen-bond acceptors (Lipinski definition) is 3. The van der Waals surface area contributed by atoms with E-state index in [1.54, 1.807) is 19.1 Å². The first kappa shape index (κ1) is 14.4. The van der Waals surface area contributed by atoms with Gasteiger partial charge in [-0.3, -0.25) is 4.79 Å². The van der Waals surface area contributed by atoms with Gasteiger partial charge in [0.2, 0.25) is 0 Å². The summed E-state index contributed by atoms with van der Waals surface area (Å²) in [5.74, 6) is -2.60. The molecule has 20 heavy (non-hydrogen) atoms. The Labute approximate surface area is 122 Å². The summed E-state index contributed by atoms with van der Waals surface area (Å²) in [4.78, 5) is 16.1. The van der Waals surface area contributed by atoms with Gasteiger partial charge in [0.05, 0.1) is 11.3 Å². The van der Waals surface area contributed by atoms with Crippen molar-refractivity contribution in [3.05, 3.63) is 51.6 Å². The second-order valence-corrected chi connectivity index (χ2v) is 4.93. The maximum Gasteiger partial charge on any atom is 0.259 e. The van der Waals surface area contributed by atoms with E-state index in [9.17, 15) is 13.6 Å². The number of aryl methyl sites for hydroxylation is 1. The van der Waals surface area contributed by atoms with Gasteiger partial charge in [0, 0.05) is 16.2 Å². The molecule has 0 atom stereocenters. The number of halogens is 3. The molecule has 2 aromatic rings. The Kier molecular flexibility index (Phi) is 3.99. The fraction of sp³-hybridized carbons (Fsp3) is 0.0769. The maximum atomic E-state index is 13.1. The van der Waals surface area contributed by atoms with Crippen LogP contribution in [0.5, 0.6) is 0 Å². The van der Waals surface area contributed by atoms with Crippen molar-refractivity contribution in [2.45, 2.75) is 6.92 Å². The van der Waals surface area contributed by atoms with Crippen LogP contribution in [0.4, 0.5) is 20.3 Å². The molecule has 0 spiro atoms. The fourth-order valence-electron chi connectivity index (χ4n) is 1.56. The van der Waals surface area contributed by atoms with Crippen LogP contribution in [0.2, 0.25) is 0 Å². The average molecular weight is 342 g/mol. The van der Waals surface area contributed by atoms with Crippen molar-refractivity contribution in [3.8, 4) is 0 Å². The summed E-state index contributed by atoms with van der Waals surface area (Å²) in [6.45, 7) is 1.76. The predicted molar refractivity (Wildman–Crippen MR) is 75.4 cm³/mol. The van der Waals surface area contributed by atoms with E-state index < -0.39 is 17.5 Å². The number of anilines is 2. The number of carbonyl (C=O) groups is 1. The van der Waals surface area contributed by atoms with E-state index in [1.807, 2.05) is 0 Å². The van der Waals surface area contributed by atoms with Crippen LogP contribution in [0.1, 0.15) is 16.1 Å². The quantitative estimate of drug-likeness (QED) is 0.823. The Morgan fingerprint density at radius 3 is 2.60 bits per heavy atom. The van der Waals surface area contributed by atoms with E-state index in [1.165, 1.54) is 0 Å². The van der Waals surface area contributed by atoms with Crippen LogP contribution in [0.25, 0.3) is 0 Å². The molecule has 2 rings (SSSR count). The van der Waals surface area contributed by atoms with Crippen molar-refractivity contribution in [3.63, 3.8) is 0 Å². The molecule has 7 heteroatoms. The number of rotatable bonds is 2. The normalized spacial score (nSPS) is 10.4. The molecule has 104 valence electrons. The van der Waals surface area contributed by atoms with Crippen molar-refractivity contribution in [2.24, 2.45) is 0 Å². The molecule has 0 bridgehead atoms. The van der Waals surface area contributed by atoms with Crippen LogP contribution in [0.3, 0.4) is 0 Å². The zero-order valence-corrected chi connectivity index (χ0v) is 12.0. The highest BCUT2D eigenvalue weighted by atomic mass is 79.9. The number of nitrogens with zero attached hydrogens (tertiary/aromatic N) is 1. The van der Waals surface area contributed by atoms with E-state index in [2.05, 4.69) is 26.2 Å². The SMILES string of the molecule is Cc1nc(NC(=O)c2cc(F)c(F)cc2N)ccc1Br. The zero-order chi connectivity index (χ0) is 14.9. The van der Waals surface area contributed by atoms with Gasteiger partial charge in [-0.25, -0.2) is 13.8 Å². The third kappa shape index (κ3) is 2.93. The Morgan fingerprint density at radius 1 is 1.30 bits per heavy atom. The van der Waals surface area contributed by atoms with Crippen LogP contribution in [-0.4, -0.2) is 10.9 Å². The molecule has 0 saturated carbocycles. The molecule has 0 radical (unpaired) electrons. The number of nitrogen functional groups attached to an aromatic ring is 1. The number of pyridine rings is 1. The Bertz CT molecular complexity index is 692. The molecular weight excluding hydrogens is 332 g/mol. The van der Waals surface area contributed by atoms with Crippen molar-refractivity contribution in [2.75, 3.05) is 11.1 Å². The zero-order valence-electron chi connectivity index (χ0n) is 10.4. The molecule has 0 aliphatic rings. The molecule has 1 heterocycles.